The first kappa shape index (κ1) is 23.2. The van der Waals surface area contributed by atoms with Crippen molar-refractivity contribution in [2.24, 2.45) is 0 Å². The number of ether oxygens (including phenoxy) is 2. The van der Waals surface area contributed by atoms with Crippen molar-refractivity contribution < 1.29 is 19.1 Å². The Bertz CT molecular complexity index is 911. The highest BCUT2D eigenvalue weighted by atomic mass is 16.5. The highest BCUT2D eigenvalue weighted by Crippen LogP contribution is 2.30. The molecule has 0 saturated heterocycles. The Morgan fingerprint density at radius 2 is 1.53 bits per heavy atom. The third kappa shape index (κ3) is 5.96. The van der Waals surface area contributed by atoms with Crippen LogP contribution in [0.2, 0.25) is 0 Å². The van der Waals surface area contributed by atoms with Gasteiger partial charge in [-0.1, -0.05) is 45.9 Å². The number of carbonyl (C=O) groups excluding carboxylic acids is 2. The minimum Gasteiger partial charge on any atom is -0.465 e. The molecule has 0 bridgehead atoms. The lowest BCUT2D eigenvalue weighted by atomic mass is 9.90. The van der Waals surface area contributed by atoms with Crippen molar-refractivity contribution in [3.63, 3.8) is 0 Å². The molecule has 0 atom stereocenters. The summed E-state index contributed by atoms with van der Waals surface area (Å²) in [5.41, 5.74) is 5.27. The van der Waals surface area contributed by atoms with Crippen molar-refractivity contribution in [3.8, 4) is 0 Å². The molecule has 2 aromatic carbocycles. The van der Waals surface area contributed by atoms with E-state index in [1.165, 1.54) is 24.3 Å². The lowest BCUT2D eigenvalue weighted by Gasteiger charge is -2.19. The van der Waals surface area contributed by atoms with Crippen LogP contribution in [0.15, 0.2) is 48.5 Å². The van der Waals surface area contributed by atoms with Gasteiger partial charge in [0.25, 0.3) is 0 Å². The maximum absolute atomic E-state index is 12.1. The van der Waals surface area contributed by atoms with Gasteiger partial charge in [0.2, 0.25) is 0 Å². The van der Waals surface area contributed by atoms with Gasteiger partial charge in [-0.05, 0) is 59.7 Å². The Morgan fingerprint density at radius 3 is 2.07 bits per heavy atom. The van der Waals surface area contributed by atoms with Crippen molar-refractivity contribution in [1.29, 1.82) is 0 Å². The van der Waals surface area contributed by atoms with Gasteiger partial charge in [0.15, 0.2) is 0 Å². The first-order valence-corrected chi connectivity index (χ1v) is 10.2. The topological polar surface area (TPSA) is 64.6 Å². The fraction of sp³-hybridized carbons (Fsp3) is 0.360. The summed E-state index contributed by atoms with van der Waals surface area (Å²) in [7, 11) is 1.34. The summed E-state index contributed by atoms with van der Waals surface area (Å²) in [4.78, 5) is 23.9. The van der Waals surface area contributed by atoms with E-state index in [2.05, 4.69) is 45.1 Å². The molecule has 0 spiro atoms. The molecule has 30 heavy (non-hydrogen) atoms. The van der Waals surface area contributed by atoms with Crippen LogP contribution >= 0.6 is 0 Å². The van der Waals surface area contributed by atoms with Gasteiger partial charge in [-0.2, -0.15) is 0 Å². The second-order valence-corrected chi connectivity index (χ2v) is 7.66. The minimum absolute atomic E-state index is 0.296. The Balaban J connectivity index is 2.43. The van der Waals surface area contributed by atoms with Gasteiger partial charge in [0, 0.05) is 11.8 Å². The van der Waals surface area contributed by atoms with E-state index in [1.807, 2.05) is 6.07 Å². The van der Waals surface area contributed by atoms with Crippen LogP contribution in [0.1, 0.15) is 73.5 Å². The molecule has 5 nitrogen and oxygen atoms in total. The molecule has 2 aromatic rings. The summed E-state index contributed by atoms with van der Waals surface area (Å²) in [6, 6.07) is 13.2. The molecule has 0 amide bonds. The predicted molar refractivity (Wildman–Crippen MR) is 121 cm³/mol. The van der Waals surface area contributed by atoms with E-state index in [4.69, 9.17) is 9.47 Å². The number of anilines is 1. The molecular formula is C25H31NO4. The molecule has 0 fully saturated rings. The fourth-order valence-electron chi connectivity index (χ4n) is 3.23. The van der Waals surface area contributed by atoms with Gasteiger partial charge >= 0.3 is 11.9 Å². The summed E-state index contributed by atoms with van der Waals surface area (Å²) in [6.07, 6.45) is 1.43. The lowest BCUT2D eigenvalue weighted by molar-refractivity contribution is -0.137. The number of carbonyl (C=O) groups is 2. The van der Waals surface area contributed by atoms with Crippen LogP contribution in [0.3, 0.4) is 0 Å². The molecule has 0 heterocycles. The zero-order valence-electron chi connectivity index (χ0n) is 18.6. The molecular weight excluding hydrogens is 378 g/mol. The molecule has 2 rings (SSSR count). The Labute approximate surface area is 179 Å². The molecule has 0 aliphatic rings. The number of hydrogen-bond donors (Lipinski definition) is 1. The van der Waals surface area contributed by atoms with Crippen LogP contribution in [-0.4, -0.2) is 25.7 Å². The second kappa shape index (κ2) is 10.6. The normalized spacial score (nSPS) is 11.5. The summed E-state index contributed by atoms with van der Waals surface area (Å²) in [5.74, 6) is -0.0333. The third-order valence-electron chi connectivity index (χ3n) is 4.78. The molecule has 160 valence electrons. The van der Waals surface area contributed by atoms with E-state index in [-0.39, 0.29) is 0 Å². The molecule has 0 saturated carbocycles. The molecule has 1 N–H and O–H groups in total. The van der Waals surface area contributed by atoms with Crippen LogP contribution in [-0.2, 0) is 14.3 Å². The van der Waals surface area contributed by atoms with Crippen molar-refractivity contribution in [1.82, 2.24) is 0 Å². The van der Waals surface area contributed by atoms with Gasteiger partial charge in [0.1, 0.15) is 0 Å². The Morgan fingerprint density at radius 1 is 0.933 bits per heavy atom. The first-order chi connectivity index (χ1) is 14.3. The molecule has 0 aliphatic carbocycles. The van der Waals surface area contributed by atoms with Gasteiger partial charge in [0.05, 0.1) is 25.0 Å². The summed E-state index contributed by atoms with van der Waals surface area (Å²) in [5, 5.41) is 3.35. The van der Waals surface area contributed by atoms with E-state index in [1.54, 1.807) is 31.2 Å². The lowest BCUT2D eigenvalue weighted by Crippen LogP contribution is -2.08. The standard InChI is InChI=1S/C25H31NO4/c1-7-30-24(27)15-23(18-8-10-19(11-9-18)25(28)29-6)26-20-12-13-21(16(2)3)22(14-20)17(4)5/h8-17,26H,7H2,1-6H3/b23-15+. The van der Waals surface area contributed by atoms with Crippen LogP contribution < -0.4 is 5.32 Å². The summed E-state index contributed by atoms with van der Waals surface area (Å²) in [6.45, 7) is 10.8. The summed E-state index contributed by atoms with van der Waals surface area (Å²) < 4.78 is 9.85. The number of nitrogens with one attached hydrogen (secondary N) is 1. The zero-order chi connectivity index (χ0) is 22.3. The van der Waals surface area contributed by atoms with E-state index in [0.717, 1.165) is 11.3 Å². The van der Waals surface area contributed by atoms with Crippen LogP contribution in [0.5, 0.6) is 0 Å². The SMILES string of the molecule is CCOC(=O)/C=C(/Nc1ccc(C(C)C)c(C(C)C)c1)c1ccc(C(=O)OC)cc1. The largest absolute Gasteiger partial charge is 0.465 e. The zero-order valence-corrected chi connectivity index (χ0v) is 18.6. The number of methoxy groups -OCH3 is 1. The number of esters is 2. The van der Waals surface area contributed by atoms with Crippen molar-refractivity contribution in [2.45, 2.75) is 46.5 Å². The van der Waals surface area contributed by atoms with Gasteiger partial charge < -0.3 is 14.8 Å². The quantitative estimate of drug-likeness (QED) is 0.445. The maximum Gasteiger partial charge on any atom is 0.337 e. The fourth-order valence-corrected chi connectivity index (χ4v) is 3.23. The van der Waals surface area contributed by atoms with Crippen molar-refractivity contribution in [3.05, 3.63) is 70.8 Å². The third-order valence-corrected chi connectivity index (χ3v) is 4.78. The Hall–Kier alpha value is -3.08. The number of rotatable bonds is 8. The Kier molecular flexibility index (Phi) is 8.22. The highest BCUT2D eigenvalue weighted by Gasteiger charge is 2.13. The molecule has 0 unspecified atom stereocenters. The molecule has 0 radical (unpaired) electrons. The van der Waals surface area contributed by atoms with E-state index >= 15 is 0 Å². The van der Waals surface area contributed by atoms with Crippen LogP contribution in [0.4, 0.5) is 5.69 Å². The smallest absolute Gasteiger partial charge is 0.337 e. The molecule has 5 heteroatoms. The summed E-state index contributed by atoms with van der Waals surface area (Å²) >= 11 is 0. The van der Waals surface area contributed by atoms with Crippen molar-refractivity contribution >= 4 is 23.3 Å². The van der Waals surface area contributed by atoms with Gasteiger partial charge in [-0.3, -0.25) is 0 Å². The minimum atomic E-state index is -0.431. The average Bonchev–Trinajstić information content (AvgIpc) is 2.72. The average molecular weight is 410 g/mol. The maximum atomic E-state index is 12.1. The van der Waals surface area contributed by atoms with Gasteiger partial charge in [-0.25, -0.2) is 9.59 Å². The first-order valence-electron chi connectivity index (χ1n) is 10.2. The highest BCUT2D eigenvalue weighted by molar-refractivity contribution is 5.95. The number of benzene rings is 2. The van der Waals surface area contributed by atoms with Crippen LogP contribution in [0, 0.1) is 0 Å². The van der Waals surface area contributed by atoms with Crippen molar-refractivity contribution in [2.75, 3.05) is 19.0 Å². The van der Waals surface area contributed by atoms with E-state index < -0.39 is 11.9 Å². The molecule has 0 aliphatic heterocycles. The van der Waals surface area contributed by atoms with E-state index in [0.29, 0.717) is 29.7 Å². The van der Waals surface area contributed by atoms with Gasteiger partial charge in [-0.15, -0.1) is 0 Å². The predicted octanol–water partition coefficient (Wildman–Crippen LogP) is 5.74. The van der Waals surface area contributed by atoms with E-state index in [9.17, 15) is 9.59 Å². The molecule has 0 aromatic heterocycles. The second-order valence-electron chi connectivity index (χ2n) is 7.66. The van der Waals surface area contributed by atoms with Crippen LogP contribution in [0.25, 0.3) is 5.70 Å². The monoisotopic (exact) mass is 409 g/mol. The number of hydrogen-bond acceptors (Lipinski definition) is 5.